The number of rotatable bonds is 7. The van der Waals surface area contributed by atoms with Crippen molar-refractivity contribution in [2.45, 2.75) is 12.4 Å². The van der Waals surface area contributed by atoms with E-state index in [0.717, 1.165) is 0 Å². The molecular formula is C71H29F6N11. The highest BCUT2D eigenvalue weighted by molar-refractivity contribution is 6.14. The molecule has 0 unspecified atom stereocenters. The van der Waals surface area contributed by atoms with Gasteiger partial charge < -0.3 is 9.13 Å². The van der Waals surface area contributed by atoms with Crippen molar-refractivity contribution < 1.29 is 26.3 Å². The Morgan fingerprint density at radius 2 is 0.557 bits per heavy atom. The molecule has 0 spiro atoms. The summed E-state index contributed by atoms with van der Waals surface area (Å²) in [6.07, 6.45) is -10.6. The summed E-state index contributed by atoms with van der Waals surface area (Å²) in [6.45, 7) is 0. The third-order valence-electron chi connectivity index (χ3n) is 15.3. The quantitative estimate of drug-likeness (QED) is 0.138. The molecule has 0 N–H and O–H groups in total. The first kappa shape index (κ1) is 55.3. The van der Waals surface area contributed by atoms with Crippen molar-refractivity contribution in [3.8, 4) is 122 Å². The molecule has 88 heavy (non-hydrogen) atoms. The molecule has 0 saturated heterocycles. The molecule has 2 heterocycles. The normalized spacial score (nSPS) is 11.2. The van der Waals surface area contributed by atoms with Gasteiger partial charge in [0.25, 0.3) is 0 Å². The zero-order chi connectivity index (χ0) is 61.9. The fourth-order valence-corrected chi connectivity index (χ4v) is 11.4. The number of aromatic nitrogens is 2. The van der Waals surface area contributed by atoms with Gasteiger partial charge in [-0.15, -0.1) is 0 Å². The molecular weight excluding hydrogens is 1120 g/mol. The maximum absolute atomic E-state index is 15.4. The summed E-state index contributed by atoms with van der Waals surface area (Å²) >= 11 is 0. The molecule has 410 valence electrons. The Hall–Kier alpha value is -13.2. The molecule has 0 amide bonds. The monoisotopic (exact) mass is 1150 g/mol. The average Bonchev–Trinajstić information content (AvgIpc) is 1.55. The standard InChI is InChI=1S/C71H29F6N11/c72-70(73,74)56-5-6-57(63(28-56)71(75,76)77)58-29-69(88-66-9-3-49(53-19-43(34-82)13-44(20-53)35-83)25-61(66)62-26-50(4-10-67(62)88)54-21-45(36-84)14-46(22-54)37-85)68(27-55(58)38-86)87-64-7-1-47(51-15-39(30-78)11-40(16-51)31-79)23-59(64)60-24-48(2-8-65(60)87)52-17-41(32-80)12-42(18-52)33-81/h1-29H. The molecule has 0 bridgehead atoms. The first-order valence-corrected chi connectivity index (χ1v) is 26.3. The molecule has 0 atom stereocenters. The molecule has 10 aromatic carbocycles. The number of hydrogen-bond acceptors (Lipinski definition) is 9. The van der Waals surface area contributed by atoms with Crippen molar-refractivity contribution in [1.29, 1.82) is 47.4 Å². The summed E-state index contributed by atoms with van der Waals surface area (Å²) in [5.41, 5.74) is 2.93. The second kappa shape index (κ2) is 21.2. The maximum Gasteiger partial charge on any atom is 0.417 e. The second-order valence-electron chi connectivity index (χ2n) is 20.4. The van der Waals surface area contributed by atoms with Gasteiger partial charge in [-0.1, -0.05) is 30.3 Å². The van der Waals surface area contributed by atoms with Crippen LogP contribution in [0.15, 0.2) is 176 Å². The van der Waals surface area contributed by atoms with E-state index in [4.69, 9.17) is 0 Å². The lowest BCUT2D eigenvalue weighted by atomic mass is 9.92. The Morgan fingerprint density at radius 3 is 0.818 bits per heavy atom. The van der Waals surface area contributed by atoms with Crippen LogP contribution in [0, 0.1) is 102 Å². The van der Waals surface area contributed by atoms with Gasteiger partial charge >= 0.3 is 12.4 Å². The SMILES string of the molecule is N#Cc1cc(C#N)cc(-c2ccc3c(c2)c2cc(-c4cc(C#N)cc(C#N)c4)ccc2n3-c2cc(C#N)c(-c3ccc(C(F)(F)F)cc3C(F)(F)F)cc2-n2c3ccc(-c4cc(C#N)cc(C#N)c4)cc3c3cc(-c4cc(C#N)cc(C#N)c4)ccc32)c1. The van der Waals surface area contributed by atoms with Gasteiger partial charge in [0.05, 0.1) is 149 Å². The molecule has 0 aliphatic carbocycles. The third kappa shape index (κ3) is 9.59. The highest BCUT2D eigenvalue weighted by Gasteiger charge is 2.39. The number of halogens is 6. The molecule has 0 aliphatic rings. The van der Waals surface area contributed by atoms with E-state index in [2.05, 4.69) is 48.6 Å². The molecule has 12 aromatic rings. The molecule has 12 rings (SSSR count). The lowest BCUT2D eigenvalue weighted by Gasteiger charge is -2.21. The van der Waals surface area contributed by atoms with Crippen molar-refractivity contribution in [2.24, 2.45) is 0 Å². The van der Waals surface area contributed by atoms with E-state index < -0.39 is 29.0 Å². The van der Waals surface area contributed by atoms with Crippen LogP contribution < -0.4 is 0 Å². The largest absolute Gasteiger partial charge is 0.417 e. The van der Waals surface area contributed by atoms with Crippen molar-refractivity contribution in [1.82, 2.24) is 9.13 Å². The van der Waals surface area contributed by atoms with E-state index in [-0.39, 0.29) is 73.1 Å². The summed E-state index contributed by atoms with van der Waals surface area (Å²) in [4.78, 5) is 0. The molecule has 0 fully saturated rings. The first-order chi connectivity index (χ1) is 42.4. The van der Waals surface area contributed by atoms with E-state index in [9.17, 15) is 60.5 Å². The van der Waals surface area contributed by atoms with Gasteiger partial charge in [0, 0.05) is 27.1 Å². The minimum Gasteiger partial charge on any atom is -0.307 e. The minimum atomic E-state index is -5.38. The number of benzene rings is 10. The molecule has 0 aliphatic heterocycles. The van der Waals surface area contributed by atoms with Crippen molar-refractivity contribution in [2.75, 3.05) is 0 Å². The van der Waals surface area contributed by atoms with Crippen LogP contribution in [-0.4, -0.2) is 9.13 Å². The van der Waals surface area contributed by atoms with Crippen LogP contribution in [0.5, 0.6) is 0 Å². The Labute approximate surface area is 495 Å². The number of hydrogen-bond donors (Lipinski definition) is 0. The fourth-order valence-electron chi connectivity index (χ4n) is 11.4. The van der Waals surface area contributed by atoms with Crippen LogP contribution in [0.25, 0.3) is 111 Å². The van der Waals surface area contributed by atoms with Crippen LogP contribution in [0.2, 0.25) is 0 Å². The van der Waals surface area contributed by atoms with E-state index in [1.165, 1.54) is 36.4 Å². The molecule has 0 radical (unpaired) electrons. The number of nitrogens with zero attached hydrogens (tertiary/aromatic N) is 11. The zero-order valence-electron chi connectivity index (χ0n) is 44.9. The van der Waals surface area contributed by atoms with Gasteiger partial charge in [-0.05, 0) is 196 Å². The van der Waals surface area contributed by atoms with Crippen LogP contribution in [0.3, 0.4) is 0 Å². The number of nitriles is 9. The minimum absolute atomic E-state index is 0.00550. The predicted molar refractivity (Wildman–Crippen MR) is 315 cm³/mol. The van der Waals surface area contributed by atoms with Gasteiger partial charge in [0.2, 0.25) is 0 Å². The van der Waals surface area contributed by atoms with E-state index in [1.807, 2.05) is 18.2 Å². The average molecular weight is 1150 g/mol. The van der Waals surface area contributed by atoms with Crippen molar-refractivity contribution >= 4 is 43.6 Å². The van der Waals surface area contributed by atoms with Gasteiger partial charge in [-0.3, -0.25) is 0 Å². The van der Waals surface area contributed by atoms with Gasteiger partial charge in [0.15, 0.2) is 0 Å². The molecule has 17 heteroatoms. The summed E-state index contributed by atoms with van der Waals surface area (Å²) in [5.74, 6) is 0. The highest BCUT2D eigenvalue weighted by atomic mass is 19.4. The van der Waals surface area contributed by atoms with Crippen molar-refractivity contribution in [3.05, 3.63) is 237 Å². The summed E-state index contributed by atoms with van der Waals surface area (Å²) < 4.78 is 92.7. The predicted octanol–water partition coefficient (Wildman–Crippen LogP) is 17.1. The topological polar surface area (TPSA) is 224 Å². The van der Waals surface area contributed by atoms with Gasteiger partial charge in [-0.2, -0.15) is 73.7 Å². The summed E-state index contributed by atoms with van der Waals surface area (Å²) in [5, 5.41) is 93.2. The van der Waals surface area contributed by atoms with Crippen LogP contribution >= 0.6 is 0 Å². The number of alkyl halides is 6. The van der Waals surface area contributed by atoms with Crippen LogP contribution in [0.4, 0.5) is 26.3 Å². The van der Waals surface area contributed by atoms with Crippen LogP contribution in [-0.2, 0) is 12.4 Å². The van der Waals surface area contributed by atoms with E-state index in [1.54, 1.807) is 118 Å². The number of fused-ring (bicyclic) bond motifs is 6. The lowest BCUT2D eigenvalue weighted by Crippen LogP contribution is -2.13. The Bertz CT molecular complexity index is 5110. The lowest BCUT2D eigenvalue weighted by molar-refractivity contribution is -0.142. The summed E-state index contributed by atoms with van der Waals surface area (Å²) in [7, 11) is 0. The Balaban J connectivity index is 1.24. The Morgan fingerprint density at radius 1 is 0.261 bits per heavy atom. The van der Waals surface area contributed by atoms with E-state index >= 15 is 13.2 Å². The zero-order valence-corrected chi connectivity index (χ0v) is 44.9. The second-order valence-corrected chi connectivity index (χ2v) is 20.4. The van der Waals surface area contributed by atoms with Gasteiger partial charge in [-0.25, -0.2) is 0 Å². The molecule has 0 saturated carbocycles. The van der Waals surface area contributed by atoms with Gasteiger partial charge in [0.1, 0.15) is 0 Å². The molecule has 11 nitrogen and oxygen atoms in total. The summed E-state index contributed by atoms with van der Waals surface area (Å²) in [6, 6.07) is 62.3. The highest BCUT2D eigenvalue weighted by Crippen LogP contribution is 2.47. The smallest absolute Gasteiger partial charge is 0.307 e. The third-order valence-corrected chi connectivity index (χ3v) is 15.3. The van der Waals surface area contributed by atoms with Crippen LogP contribution in [0.1, 0.15) is 61.2 Å². The van der Waals surface area contributed by atoms with Crippen molar-refractivity contribution in [3.63, 3.8) is 0 Å². The first-order valence-electron chi connectivity index (χ1n) is 26.3. The van der Waals surface area contributed by atoms with E-state index in [0.29, 0.717) is 100 Å². The maximum atomic E-state index is 15.4. The molecule has 2 aromatic heterocycles. The Kier molecular flexibility index (Phi) is 13.3. The fraction of sp³-hybridized carbons (Fsp3) is 0.0282.